The molecule has 2 aromatic rings. The first kappa shape index (κ1) is 17.2. The molecular formula is C18H18N2O4S. The SMILES string of the molecule is Cc1ccc(NC(=O)C2CCC(=O)N2S(=O)(=O)c2ccccc2)cc1. The second kappa shape index (κ2) is 6.68. The lowest BCUT2D eigenvalue weighted by molar-refractivity contribution is -0.128. The second-order valence-corrected chi connectivity index (χ2v) is 7.73. The van der Waals surface area contributed by atoms with Crippen LogP contribution in [0.3, 0.4) is 0 Å². The van der Waals surface area contributed by atoms with E-state index in [0.717, 1.165) is 5.56 Å². The van der Waals surface area contributed by atoms with Crippen molar-refractivity contribution in [1.29, 1.82) is 0 Å². The minimum Gasteiger partial charge on any atom is -0.324 e. The van der Waals surface area contributed by atoms with Gasteiger partial charge in [-0.05, 0) is 37.6 Å². The molecule has 130 valence electrons. The lowest BCUT2D eigenvalue weighted by atomic mass is 10.2. The molecule has 6 nitrogen and oxygen atoms in total. The number of nitrogens with one attached hydrogen (secondary N) is 1. The number of hydrogen-bond donors (Lipinski definition) is 1. The van der Waals surface area contributed by atoms with Crippen LogP contribution in [0.2, 0.25) is 0 Å². The Bertz CT molecular complexity index is 892. The van der Waals surface area contributed by atoms with Crippen molar-refractivity contribution < 1.29 is 18.0 Å². The van der Waals surface area contributed by atoms with Gasteiger partial charge >= 0.3 is 0 Å². The van der Waals surface area contributed by atoms with Gasteiger partial charge in [0.2, 0.25) is 11.8 Å². The number of aryl methyl sites for hydroxylation is 1. The summed E-state index contributed by atoms with van der Waals surface area (Å²) < 4.78 is 26.3. The van der Waals surface area contributed by atoms with Crippen LogP contribution in [0.15, 0.2) is 59.5 Å². The quantitative estimate of drug-likeness (QED) is 0.909. The maximum absolute atomic E-state index is 12.8. The maximum Gasteiger partial charge on any atom is 0.267 e. The summed E-state index contributed by atoms with van der Waals surface area (Å²) in [5.41, 5.74) is 1.61. The fraction of sp³-hybridized carbons (Fsp3) is 0.222. The summed E-state index contributed by atoms with van der Waals surface area (Å²) in [6, 6.07) is 13.8. The molecule has 1 unspecified atom stereocenters. The highest BCUT2D eigenvalue weighted by Crippen LogP contribution is 2.28. The van der Waals surface area contributed by atoms with Crippen LogP contribution in [-0.4, -0.2) is 30.6 Å². The van der Waals surface area contributed by atoms with E-state index in [-0.39, 0.29) is 17.7 Å². The lowest BCUT2D eigenvalue weighted by Gasteiger charge is -2.23. The summed E-state index contributed by atoms with van der Waals surface area (Å²) in [5.74, 6) is -1.07. The highest BCUT2D eigenvalue weighted by Gasteiger charge is 2.44. The van der Waals surface area contributed by atoms with E-state index < -0.39 is 27.9 Å². The first-order valence-corrected chi connectivity index (χ1v) is 9.33. The van der Waals surface area contributed by atoms with Crippen LogP contribution in [0.25, 0.3) is 0 Å². The van der Waals surface area contributed by atoms with Crippen molar-refractivity contribution >= 4 is 27.5 Å². The van der Waals surface area contributed by atoms with Crippen molar-refractivity contribution in [3.05, 3.63) is 60.2 Å². The highest BCUT2D eigenvalue weighted by atomic mass is 32.2. The Morgan fingerprint density at radius 1 is 1.08 bits per heavy atom. The first-order valence-electron chi connectivity index (χ1n) is 7.89. The van der Waals surface area contributed by atoms with Gasteiger partial charge in [-0.15, -0.1) is 0 Å². The Kier molecular flexibility index (Phi) is 4.59. The van der Waals surface area contributed by atoms with Crippen molar-refractivity contribution in [2.24, 2.45) is 0 Å². The summed E-state index contributed by atoms with van der Waals surface area (Å²) in [7, 11) is -4.06. The Morgan fingerprint density at radius 3 is 2.36 bits per heavy atom. The van der Waals surface area contributed by atoms with Gasteiger partial charge in [0.05, 0.1) is 4.90 Å². The minimum atomic E-state index is -4.06. The number of amides is 2. The van der Waals surface area contributed by atoms with E-state index in [1.807, 2.05) is 19.1 Å². The Labute approximate surface area is 146 Å². The molecule has 0 radical (unpaired) electrons. The van der Waals surface area contributed by atoms with Gasteiger partial charge in [-0.25, -0.2) is 12.7 Å². The molecule has 1 heterocycles. The fourth-order valence-corrected chi connectivity index (χ4v) is 4.39. The lowest BCUT2D eigenvalue weighted by Crippen LogP contribution is -2.45. The summed E-state index contributed by atoms with van der Waals surface area (Å²) in [6.45, 7) is 1.93. The van der Waals surface area contributed by atoms with Crippen LogP contribution in [0.5, 0.6) is 0 Å². The number of carbonyl (C=O) groups excluding carboxylic acids is 2. The van der Waals surface area contributed by atoms with E-state index in [0.29, 0.717) is 9.99 Å². The predicted molar refractivity (Wildman–Crippen MR) is 93.3 cm³/mol. The zero-order valence-electron chi connectivity index (χ0n) is 13.7. The van der Waals surface area contributed by atoms with Gasteiger partial charge in [-0.1, -0.05) is 35.9 Å². The summed E-state index contributed by atoms with van der Waals surface area (Å²) in [6.07, 6.45) is 0.195. The number of hydrogen-bond acceptors (Lipinski definition) is 4. The summed E-state index contributed by atoms with van der Waals surface area (Å²) >= 11 is 0. The number of rotatable bonds is 4. The van der Waals surface area contributed by atoms with Gasteiger partial charge < -0.3 is 5.32 Å². The van der Waals surface area contributed by atoms with E-state index in [1.165, 1.54) is 12.1 Å². The number of sulfonamides is 1. The summed E-state index contributed by atoms with van der Waals surface area (Å²) in [5, 5.41) is 2.69. The third-order valence-electron chi connectivity index (χ3n) is 4.08. The van der Waals surface area contributed by atoms with Crippen molar-refractivity contribution in [3.63, 3.8) is 0 Å². The Balaban J connectivity index is 1.87. The summed E-state index contributed by atoms with van der Waals surface area (Å²) in [4.78, 5) is 24.7. The van der Waals surface area contributed by atoms with Crippen LogP contribution in [-0.2, 0) is 19.6 Å². The maximum atomic E-state index is 12.8. The van der Waals surface area contributed by atoms with Crippen molar-refractivity contribution in [2.45, 2.75) is 30.7 Å². The predicted octanol–water partition coefficient (Wildman–Crippen LogP) is 2.31. The molecule has 0 bridgehead atoms. The Hall–Kier alpha value is -2.67. The topological polar surface area (TPSA) is 83.6 Å². The van der Waals surface area contributed by atoms with Crippen LogP contribution in [0.1, 0.15) is 18.4 Å². The molecular weight excluding hydrogens is 340 g/mol. The molecule has 3 rings (SSSR count). The fourth-order valence-electron chi connectivity index (χ4n) is 2.77. The molecule has 1 aliphatic rings. The molecule has 0 saturated carbocycles. The average molecular weight is 358 g/mol. The van der Waals surface area contributed by atoms with Gasteiger partial charge in [0, 0.05) is 12.1 Å². The first-order chi connectivity index (χ1) is 11.9. The zero-order chi connectivity index (χ0) is 18.0. The van der Waals surface area contributed by atoms with Gasteiger partial charge in [-0.2, -0.15) is 0 Å². The van der Waals surface area contributed by atoms with E-state index in [2.05, 4.69) is 5.32 Å². The normalized spacial score (nSPS) is 17.6. The molecule has 1 N–H and O–H groups in total. The average Bonchev–Trinajstić information content (AvgIpc) is 3.00. The molecule has 0 aromatic heterocycles. The van der Waals surface area contributed by atoms with E-state index in [4.69, 9.17) is 0 Å². The van der Waals surface area contributed by atoms with Crippen LogP contribution >= 0.6 is 0 Å². The molecule has 0 spiro atoms. The van der Waals surface area contributed by atoms with Crippen molar-refractivity contribution in [1.82, 2.24) is 4.31 Å². The number of benzene rings is 2. The van der Waals surface area contributed by atoms with Gasteiger partial charge in [-0.3, -0.25) is 9.59 Å². The van der Waals surface area contributed by atoms with Crippen molar-refractivity contribution in [3.8, 4) is 0 Å². The van der Waals surface area contributed by atoms with E-state index >= 15 is 0 Å². The molecule has 2 aromatic carbocycles. The zero-order valence-corrected chi connectivity index (χ0v) is 14.5. The molecule has 25 heavy (non-hydrogen) atoms. The molecule has 1 saturated heterocycles. The number of carbonyl (C=O) groups is 2. The number of nitrogens with zero attached hydrogens (tertiary/aromatic N) is 1. The van der Waals surface area contributed by atoms with Gasteiger partial charge in [0.1, 0.15) is 6.04 Å². The minimum absolute atomic E-state index is 0.00149. The molecule has 1 fully saturated rings. The second-order valence-electron chi connectivity index (χ2n) is 5.92. The largest absolute Gasteiger partial charge is 0.324 e. The van der Waals surface area contributed by atoms with E-state index in [1.54, 1.807) is 30.3 Å². The van der Waals surface area contributed by atoms with Crippen LogP contribution in [0.4, 0.5) is 5.69 Å². The van der Waals surface area contributed by atoms with Crippen LogP contribution < -0.4 is 5.32 Å². The monoisotopic (exact) mass is 358 g/mol. The smallest absolute Gasteiger partial charge is 0.267 e. The van der Waals surface area contributed by atoms with Gasteiger partial charge in [0.15, 0.2) is 0 Å². The third kappa shape index (κ3) is 3.41. The van der Waals surface area contributed by atoms with Gasteiger partial charge in [0.25, 0.3) is 10.0 Å². The highest BCUT2D eigenvalue weighted by molar-refractivity contribution is 7.89. The Morgan fingerprint density at radius 2 is 1.72 bits per heavy atom. The van der Waals surface area contributed by atoms with E-state index in [9.17, 15) is 18.0 Å². The molecule has 1 atom stereocenters. The molecule has 7 heteroatoms. The molecule has 2 amide bonds. The molecule has 1 aliphatic heterocycles. The molecule has 0 aliphatic carbocycles. The third-order valence-corrected chi connectivity index (χ3v) is 5.93. The number of anilines is 1. The van der Waals surface area contributed by atoms with Crippen LogP contribution in [0, 0.1) is 6.92 Å². The standard InChI is InChI=1S/C18H18N2O4S/c1-13-7-9-14(10-8-13)19-18(22)16-11-12-17(21)20(16)25(23,24)15-5-3-2-4-6-15/h2-10,16H,11-12H2,1H3,(H,19,22). The van der Waals surface area contributed by atoms with Crippen molar-refractivity contribution in [2.75, 3.05) is 5.32 Å².